The lowest BCUT2D eigenvalue weighted by atomic mass is 9.89. The number of methoxy groups -OCH3 is 1. The van der Waals surface area contributed by atoms with Crippen LogP contribution in [-0.2, 0) is 0 Å². The van der Waals surface area contributed by atoms with Crippen LogP contribution in [0.25, 0.3) is 0 Å². The molecule has 0 fully saturated rings. The Morgan fingerprint density at radius 2 is 1.82 bits per heavy atom. The first-order valence-electron chi connectivity index (χ1n) is 6.88. The van der Waals surface area contributed by atoms with Crippen LogP contribution in [0.1, 0.15) is 52.7 Å². The van der Waals surface area contributed by atoms with Crippen LogP contribution in [-0.4, -0.2) is 28.9 Å². The van der Waals surface area contributed by atoms with Gasteiger partial charge in [-0.15, -0.1) is 0 Å². The summed E-state index contributed by atoms with van der Waals surface area (Å²) in [5.41, 5.74) is 1.24. The molecule has 1 aromatic carbocycles. The highest BCUT2D eigenvalue weighted by Gasteiger charge is 2.30. The molecule has 0 aliphatic heterocycles. The summed E-state index contributed by atoms with van der Waals surface area (Å²) in [6, 6.07) is 1.28. The Labute approximate surface area is 128 Å². The third-order valence-electron chi connectivity index (χ3n) is 3.48. The highest BCUT2D eigenvalue weighted by atomic mass is 16.5. The first-order valence-corrected chi connectivity index (χ1v) is 6.88. The average Bonchev–Trinajstić information content (AvgIpc) is 2.47. The van der Waals surface area contributed by atoms with Gasteiger partial charge in [-0.2, -0.15) is 0 Å². The number of rotatable bonds is 4. The maximum atomic E-state index is 12.1. The minimum Gasteiger partial charge on any atom is -0.507 e. The lowest BCUT2D eigenvalue weighted by molar-refractivity contribution is 0.0987. The number of ketones is 2. The first-order chi connectivity index (χ1) is 10.4. The van der Waals surface area contributed by atoms with Crippen molar-refractivity contribution in [3.05, 3.63) is 46.6 Å². The second-order valence-electron chi connectivity index (χ2n) is 5.36. The molecule has 1 atom stereocenters. The zero-order valence-corrected chi connectivity index (χ0v) is 12.7. The van der Waals surface area contributed by atoms with E-state index in [4.69, 9.17) is 4.74 Å². The number of phenolic OH excluding ortho intramolecular Hbond substituents is 1. The smallest absolute Gasteiger partial charge is 0.190 e. The van der Waals surface area contributed by atoms with Gasteiger partial charge in [0.2, 0.25) is 0 Å². The predicted molar refractivity (Wildman–Crippen MR) is 81.5 cm³/mol. The number of fused-ring (bicyclic) bond motifs is 1. The molecule has 2 rings (SSSR count). The average molecular weight is 302 g/mol. The second kappa shape index (κ2) is 6.15. The van der Waals surface area contributed by atoms with Crippen LogP contribution in [0.2, 0.25) is 0 Å². The van der Waals surface area contributed by atoms with Gasteiger partial charge < -0.3 is 14.9 Å². The third-order valence-corrected chi connectivity index (χ3v) is 3.48. The summed E-state index contributed by atoms with van der Waals surface area (Å²) in [5, 5.41) is 20.4. The molecule has 116 valence electrons. The largest absolute Gasteiger partial charge is 0.507 e. The van der Waals surface area contributed by atoms with Crippen molar-refractivity contribution in [3.8, 4) is 11.5 Å². The van der Waals surface area contributed by atoms with Gasteiger partial charge in [-0.1, -0.05) is 11.6 Å². The third kappa shape index (κ3) is 2.80. The molecule has 1 aliphatic rings. The molecule has 0 aromatic heterocycles. The number of carbonyl (C=O) groups excluding carboxylic acids is 2. The molecule has 0 bridgehead atoms. The topological polar surface area (TPSA) is 83.8 Å². The number of allylic oxidation sites excluding steroid dienone is 3. The number of benzene rings is 1. The number of hydrogen-bond donors (Lipinski definition) is 2. The number of phenols is 1. The van der Waals surface area contributed by atoms with E-state index in [9.17, 15) is 19.8 Å². The highest BCUT2D eigenvalue weighted by Crippen LogP contribution is 2.40. The summed E-state index contributed by atoms with van der Waals surface area (Å²) < 4.78 is 5.25. The van der Waals surface area contributed by atoms with Crippen LogP contribution < -0.4 is 4.74 Å². The van der Waals surface area contributed by atoms with Crippen LogP contribution in [0.3, 0.4) is 0 Å². The van der Waals surface area contributed by atoms with E-state index < -0.39 is 17.7 Å². The maximum absolute atomic E-state index is 12.1. The minimum absolute atomic E-state index is 0.00116. The Balaban J connectivity index is 2.61. The van der Waals surface area contributed by atoms with Crippen LogP contribution in [0.5, 0.6) is 11.5 Å². The Kier molecular flexibility index (Phi) is 4.47. The number of aromatic hydroxyl groups is 1. The summed E-state index contributed by atoms with van der Waals surface area (Å²) in [6.07, 6.45) is 3.46. The Bertz CT molecular complexity index is 693. The molecule has 22 heavy (non-hydrogen) atoms. The molecule has 2 N–H and O–H groups in total. The lowest BCUT2D eigenvalue weighted by Crippen LogP contribution is -2.15. The van der Waals surface area contributed by atoms with Crippen LogP contribution >= 0.6 is 0 Å². The molecule has 0 spiro atoms. The second-order valence-corrected chi connectivity index (χ2v) is 5.36. The molecule has 5 heteroatoms. The fourth-order valence-corrected chi connectivity index (χ4v) is 2.42. The minimum atomic E-state index is -0.949. The van der Waals surface area contributed by atoms with Gasteiger partial charge in [-0.3, -0.25) is 9.59 Å². The predicted octanol–water partition coefficient (Wildman–Crippen LogP) is 2.73. The normalized spacial score (nSPS) is 14.5. The summed E-state index contributed by atoms with van der Waals surface area (Å²) in [7, 11) is 1.36. The molecule has 0 heterocycles. The van der Waals surface area contributed by atoms with E-state index in [0.29, 0.717) is 6.42 Å². The van der Waals surface area contributed by atoms with E-state index in [1.165, 1.54) is 13.2 Å². The first kappa shape index (κ1) is 16.0. The van der Waals surface area contributed by atoms with E-state index in [1.807, 2.05) is 19.9 Å². The number of hydrogen-bond acceptors (Lipinski definition) is 5. The Morgan fingerprint density at radius 1 is 1.23 bits per heavy atom. The fraction of sp³-hybridized carbons (Fsp3) is 0.294. The number of aliphatic hydroxyl groups excluding tert-OH is 1. The van der Waals surface area contributed by atoms with Gasteiger partial charge in [0.1, 0.15) is 11.5 Å². The monoisotopic (exact) mass is 302 g/mol. The fourth-order valence-electron chi connectivity index (χ4n) is 2.42. The zero-order chi connectivity index (χ0) is 16.4. The van der Waals surface area contributed by atoms with Gasteiger partial charge in [-0.25, -0.2) is 0 Å². The molecular weight excluding hydrogens is 284 g/mol. The summed E-state index contributed by atoms with van der Waals surface area (Å²) in [6.45, 7) is 3.81. The van der Waals surface area contributed by atoms with Gasteiger partial charge in [0.15, 0.2) is 11.6 Å². The van der Waals surface area contributed by atoms with Crippen molar-refractivity contribution in [1.82, 2.24) is 0 Å². The zero-order valence-electron chi connectivity index (χ0n) is 12.7. The van der Waals surface area contributed by atoms with Crippen LogP contribution in [0.15, 0.2) is 29.9 Å². The van der Waals surface area contributed by atoms with Crippen molar-refractivity contribution in [1.29, 1.82) is 0 Å². The summed E-state index contributed by atoms with van der Waals surface area (Å²) >= 11 is 0. The molecule has 0 amide bonds. The van der Waals surface area contributed by atoms with Crippen molar-refractivity contribution in [2.24, 2.45) is 0 Å². The van der Waals surface area contributed by atoms with Gasteiger partial charge in [0.05, 0.1) is 24.3 Å². The standard InChI is InChI=1S/C17H18O5/c1-9(2)4-5-11(18)10-8-14(21)15-12(19)6-7-13(20)16(15)17(10)22-3/h4,6-8,11,18,21H,5H2,1-3H3. The van der Waals surface area contributed by atoms with E-state index in [-0.39, 0.29) is 28.2 Å². The molecule has 0 saturated carbocycles. The Hall–Kier alpha value is -2.40. The van der Waals surface area contributed by atoms with E-state index in [2.05, 4.69) is 0 Å². The van der Waals surface area contributed by atoms with Crippen molar-refractivity contribution < 1.29 is 24.5 Å². The maximum Gasteiger partial charge on any atom is 0.190 e. The van der Waals surface area contributed by atoms with E-state index in [1.54, 1.807) is 0 Å². The highest BCUT2D eigenvalue weighted by molar-refractivity contribution is 6.24. The van der Waals surface area contributed by atoms with Crippen molar-refractivity contribution in [2.45, 2.75) is 26.4 Å². The van der Waals surface area contributed by atoms with Crippen molar-refractivity contribution >= 4 is 11.6 Å². The van der Waals surface area contributed by atoms with E-state index in [0.717, 1.165) is 17.7 Å². The van der Waals surface area contributed by atoms with E-state index >= 15 is 0 Å². The van der Waals surface area contributed by atoms with Gasteiger partial charge in [0, 0.05) is 5.56 Å². The molecule has 1 aliphatic carbocycles. The van der Waals surface area contributed by atoms with Crippen molar-refractivity contribution in [3.63, 3.8) is 0 Å². The van der Waals surface area contributed by atoms with Crippen LogP contribution in [0.4, 0.5) is 0 Å². The quantitative estimate of drug-likeness (QED) is 0.835. The number of carbonyl (C=O) groups is 2. The molecule has 1 unspecified atom stereocenters. The SMILES string of the molecule is COc1c(C(O)CC=C(C)C)cc(O)c2c1C(=O)C=CC2=O. The van der Waals surface area contributed by atoms with Gasteiger partial charge in [-0.05, 0) is 38.5 Å². The molecular formula is C17H18O5. The molecule has 0 radical (unpaired) electrons. The Morgan fingerprint density at radius 3 is 2.36 bits per heavy atom. The molecule has 0 saturated heterocycles. The molecule has 5 nitrogen and oxygen atoms in total. The van der Waals surface area contributed by atoms with Gasteiger partial charge in [0.25, 0.3) is 0 Å². The van der Waals surface area contributed by atoms with Crippen molar-refractivity contribution in [2.75, 3.05) is 7.11 Å². The number of aliphatic hydroxyl groups is 1. The van der Waals surface area contributed by atoms with Crippen LogP contribution in [0, 0.1) is 0 Å². The molecule has 1 aromatic rings. The number of ether oxygens (including phenoxy) is 1. The summed E-state index contributed by atoms with van der Waals surface area (Å²) in [4.78, 5) is 24.0. The summed E-state index contributed by atoms with van der Waals surface area (Å²) in [5.74, 6) is -1.09. The van der Waals surface area contributed by atoms with Gasteiger partial charge >= 0.3 is 0 Å². The lowest BCUT2D eigenvalue weighted by Gasteiger charge is -2.20.